The van der Waals surface area contributed by atoms with Crippen LogP contribution in [0.1, 0.15) is 39.2 Å². The first kappa shape index (κ1) is 15.4. The second-order valence-electron chi connectivity index (χ2n) is 6.29. The van der Waals surface area contributed by atoms with Crippen LogP contribution in [0.25, 0.3) is 0 Å². The van der Waals surface area contributed by atoms with E-state index in [1.165, 1.54) is 6.92 Å². The van der Waals surface area contributed by atoms with Gasteiger partial charge in [0, 0.05) is 12.1 Å². The summed E-state index contributed by atoms with van der Waals surface area (Å²) in [7, 11) is 0. The fraction of sp³-hybridized carbons (Fsp3) is 0.500. The van der Waals surface area contributed by atoms with Crippen LogP contribution in [0.3, 0.4) is 0 Å². The highest BCUT2D eigenvalue weighted by molar-refractivity contribution is 5.87. The van der Waals surface area contributed by atoms with Gasteiger partial charge in [-0.1, -0.05) is 30.3 Å². The van der Waals surface area contributed by atoms with Crippen LogP contribution in [0, 0.1) is 0 Å². The lowest BCUT2D eigenvalue weighted by atomic mass is 9.92. The molecular weight excluding hydrogens is 268 g/mol. The van der Waals surface area contributed by atoms with Crippen molar-refractivity contribution in [2.75, 3.05) is 6.54 Å². The molecule has 0 radical (unpaired) electrons. The number of nitrogens with one attached hydrogen (secondary N) is 1. The van der Waals surface area contributed by atoms with Gasteiger partial charge in [-0.3, -0.25) is 0 Å². The van der Waals surface area contributed by atoms with E-state index in [-0.39, 0.29) is 11.6 Å². The third kappa shape index (κ3) is 2.86. The van der Waals surface area contributed by atoms with Gasteiger partial charge in [0.25, 0.3) is 0 Å². The highest BCUT2D eigenvalue weighted by atomic mass is 16.4. The Morgan fingerprint density at radius 2 is 1.90 bits per heavy atom. The number of carboxylic acids is 1. The molecule has 1 unspecified atom stereocenters. The number of carbonyl (C=O) groups is 2. The topological polar surface area (TPSA) is 69.6 Å². The number of carbonyl (C=O) groups excluding carboxylic acids is 1. The van der Waals surface area contributed by atoms with Gasteiger partial charge in [0.05, 0.1) is 0 Å². The molecule has 2 N–H and O–H groups in total. The summed E-state index contributed by atoms with van der Waals surface area (Å²) in [5, 5.41) is 12.3. The predicted octanol–water partition coefficient (Wildman–Crippen LogP) is 2.57. The van der Waals surface area contributed by atoms with Crippen molar-refractivity contribution < 1.29 is 14.7 Å². The molecule has 0 aromatic heterocycles. The van der Waals surface area contributed by atoms with Gasteiger partial charge >= 0.3 is 12.0 Å². The Bertz CT molecular complexity index is 542. The summed E-state index contributed by atoms with van der Waals surface area (Å²) in [6.07, 6.45) is 1.87. The first-order valence-corrected chi connectivity index (χ1v) is 7.16. The van der Waals surface area contributed by atoms with E-state index in [0.29, 0.717) is 12.1 Å². The van der Waals surface area contributed by atoms with Gasteiger partial charge in [-0.25, -0.2) is 9.59 Å². The first-order chi connectivity index (χ1) is 9.77. The number of hydrogen-bond donors (Lipinski definition) is 2. The second kappa shape index (κ2) is 5.39. The summed E-state index contributed by atoms with van der Waals surface area (Å²) in [6, 6.07) is 8.45. The predicted molar refractivity (Wildman–Crippen MR) is 80.0 cm³/mol. The molecule has 114 valence electrons. The largest absolute Gasteiger partial charge is 0.479 e. The molecule has 2 amide bonds. The van der Waals surface area contributed by atoms with Gasteiger partial charge < -0.3 is 15.3 Å². The number of carboxylic acid groups (broad SMARTS) is 1. The number of rotatable bonds is 3. The molecule has 1 atom stereocenters. The molecule has 5 heteroatoms. The van der Waals surface area contributed by atoms with Gasteiger partial charge in [-0.05, 0) is 39.2 Å². The Balaban J connectivity index is 2.25. The average Bonchev–Trinajstić information content (AvgIpc) is 2.79. The van der Waals surface area contributed by atoms with E-state index >= 15 is 0 Å². The summed E-state index contributed by atoms with van der Waals surface area (Å²) >= 11 is 0. The molecule has 1 aromatic rings. The molecular formula is C16H22N2O3. The van der Waals surface area contributed by atoms with Crippen molar-refractivity contribution in [3.63, 3.8) is 0 Å². The molecule has 2 rings (SSSR count). The summed E-state index contributed by atoms with van der Waals surface area (Å²) in [4.78, 5) is 25.9. The van der Waals surface area contributed by atoms with Gasteiger partial charge in [0.15, 0.2) is 5.54 Å². The van der Waals surface area contributed by atoms with Crippen LogP contribution in [0.5, 0.6) is 0 Å². The molecule has 1 aliphatic rings. The van der Waals surface area contributed by atoms with E-state index in [0.717, 1.165) is 12.8 Å². The fourth-order valence-corrected chi connectivity index (χ4v) is 2.79. The van der Waals surface area contributed by atoms with Crippen molar-refractivity contribution in [2.24, 2.45) is 0 Å². The molecule has 0 saturated carbocycles. The first-order valence-electron chi connectivity index (χ1n) is 7.16. The van der Waals surface area contributed by atoms with Crippen molar-refractivity contribution in [1.29, 1.82) is 0 Å². The molecule has 1 heterocycles. The summed E-state index contributed by atoms with van der Waals surface area (Å²) in [5.74, 6) is -1.07. The second-order valence-corrected chi connectivity index (χ2v) is 6.29. The van der Waals surface area contributed by atoms with Gasteiger partial charge in [-0.2, -0.15) is 0 Å². The minimum Gasteiger partial charge on any atom is -0.479 e. The summed E-state index contributed by atoms with van der Waals surface area (Å²) in [5.41, 5.74) is -1.11. The van der Waals surface area contributed by atoms with Crippen molar-refractivity contribution in [1.82, 2.24) is 10.2 Å². The maximum atomic E-state index is 12.5. The lowest BCUT2D eigenvalue weighted by Crippen LogP contribution is -2.56. The van der Waals surface area contributed by atoms with E-state index in [4.69, 9.17) is 0 Å². The zero-order chi connectivity index (χ0) is 15.7. The number of likely N-dealkylation sites (tertiary alicyclic amines) is 1. The molecule has 1 fully saturated rings. The van der Waals surface area contributed by atoms with Crippen LogP contribution >= 0.6 is 0 Å². The zero-order valence-electron chi connectivity index (χ0n) is 12.7. The molecule has 0 aliphatic carbocycles. The number of aliphatic carboxylic acids is 1. The smallest absolute Gasteiger partial charge is 0.333 e. The van der Waals surface area contributed by atoms with Crippen molar-refractivity contribution in [3.05, 3.63) is 35.9 Å². The van der Waals surface area contributed by atoms with Crippen molar-refractivity contribution >= 4 is 12.0 Å². The van der Waals surface area contributed by atoms with E-state index in [1.54, 1.807) is 29.2 Å². The maximum absolute atomic E-state index is 12.5. The minimum atomic E-state index is -1.43. The summed E-state index contributed by atoms with van der Waals surface area (Å²) < 4.78 is 0. The van der Waals surface area contributed by atoms with Crippen molar-refractivity contribution in [3.8, 4) is 0 Å². The highest BCUT2D eigenvalue weighted by Gasteiger charge is 2.42. The summed E-state index contributed by atoms with van der Waals surface area (Å²) in [6.45, 7) is 6.18. The number of nitrogens with zero attached hydrogens (tertiary/aromatic N) is 1. The van der Waals surface area contributed by atoms with Crippen LogP contribution in [-0.2, 0) is 10.3 Å². The van der Waals surface area contributed by atoms with Crippen molar-refractivity contribution in [2.45, 2.75) is 44.7 Å². The molecule has 0 spiro atoms. The standard InChI is InChI=1S/C16H22N2O3/c1-15(2)10-7-11-18(15)14(21)17-16(3,13(19)20)12-8-5-4-6-9-12/h4-6,8-9H,7,10-11H2,1-3H3,(H,17,21)(H,19,20). The monoisotopic (exact) mass is 290 g/mol. The number of benzene rings is 1. The number of hydrogen-bond acceptors (Lipinski definition) is 2. The van der Waals surface area contributed by atoms with E-state index in [1.807, 2.05) is 19.9 Å². The molecule has 21 heavy (non-hydrogen) atoms. The zero-order valence-corrected chi connectivity index (χ0v) is 12.7. The van der Waals surface area contributed by atoms with E-state index < -0.39 is 11.5 Å². The lowest BCUT2D eigenvalue weighted by molar-refractivity contribution is -0.144. The Labute approximate surface area is 125 Å². The Morgan fingerprint density at radius 1 is 1.29 bits per heavy atom. The maximum Gasteiger partial charge on any atom is 0.333 e. The number of urea groups is 1. The third-order valence-corrected chi connectivity index (χ3v) is 4.28. The van der Waals surface area contributed by atoms with Gasteiger partial charge in [0.2, 0.25) is 0 Å². The molecule has 1 saturated heterocycles. The lowest BCUT2D eigenvalue weighted by Gasteiger charge is -2.35. The Kier molecular flexibility index (Phi) is 3.94. The van der Waals surface area contributed by atoms with Gasteiger partial charge in [0.1, 0.15) is 0 Å². The molecule has 0 bridgehead atoms. The number of amides is 2. The SMILES string of the molecule is CC(NC(=O)N1CCCC1(C)C)(C(=O)O)c1ccccc1. The van der Waals surface area contributed by atoms with Crippen LogP contribution in [0.4, 0.5) is 4.79 Å². The average molecular weight is 290 g/mol. The van der Waals surface area contributed by atoms with E-state index in [2.05, 4.69) is 5.32 Å². The normalized spacial score (nSPS) is 19.9. The fourth-order valence-electron chi connectivity index (χ4n) is 2.79. The van der Waals surface area contributed by atoms with Crippen LogP contribution < -0.4 is 5.32 Å². The Morgan fingerprint density at radius 3 is 2.38 bits per heavy atom. The molecule has 1 aliphatic heterocycles. The Hall–Kier alpha value is -2.04. The minimum absolute atomic E-state index is 0.236. The third-order valence-electron chi connectivity index (χ3n) is 4.28. The highest BCUT2D eigenvalue weighted by Crippen LogP contribution is 2.29. The van der Waals surface area contributed by atoms with Crippen LogP contribution in [-0.4, -0.2) is 34.1 Å². The van der Waals surface area contributed by atoms with Crippen LogP contribution in [0.2, 0.25) is 0 Å². The molecule has 1 aromatic carbocycles. The quantitative estimate of drug-likeness (QED) is 0.899. The van der Waals surface area contributed by atoms with Crippen LogP contribution in [0.15, 0.2) is 30.3 Å². The molecule has 5 nitrogen and oxygen atoms in total. The van der Waals surface area contributed by atoms with Gasteiger partial charge in [-0.15, -0.1) is 0 Å². The van der Waals surface area contributed by atoms with E-state index in [9.17, 15) is 14.7 Å².